The number of nitrogens with one attached hydrogen (secondary N) is 1. The van der Waals surface area contributed by atoms with Gasteiger partial charge in [-0.15, -0.1) is 0 Å². The zero-order valence-corrected chi connectivity index (χ0v) is 17.2. The van der Waals surface area contributed by atoms with E-state index in [1.807, 2.05) is 6.20 Å². The van der Waals surface area contributed by atoms with Crippen LogP contribution in [0.1, 0.15) is 80.9 Å². The molecule has 3 aliphatic rings. The number of aromatic nitrogens is 3. The molecule has 3 fully saturated rings. The first-order valence-electron chi connectivity index (χ1n) is 11.5. The number of piperidine rings is 1. The fourth-order valence-electron chi connectivity index (χ4n) is 5.44. The molecule has 0 atom stereocenters. The summed E-state index contributed by atoms with van der Waals surface area (Å²) in [6.07, 6.45) is 14.0. The summed E-state index contributed by atoms with van der Waals surface area (Å²) >= 11 is 0. The lowest BCUT2D eigenvalue weighted by Crippen LogP contribution is -2.41. The lowest BCUT2D eigenvalue weighted by atomic mass is 9.86. The highest BCUT2D eigenvalue weighted by Gasteiger charge is 2.30. The van der Waals surface area contributed by atoms with Crippen LogP contribution in [0.2, 0.25) is 0 Å². The number of hydrogen-bond donors (Lipinski definition) is 1. The molecule has 1 saturated carbocycles. The predicted molar refractivity (Wildman–Crippen MR) is 112 cm³/mol. The molecule has 29 heavy (non-hydrogen) atoms. The minimum absolute atomic E-state index is 0.279. The number of aromatic amines is 1. The quantitative estimate of drug-likeness (QED) is 0.846. The molecular weight excluding hydrogens is 364 g/mol. The maximum Gasteiger partial charge on any atom is 0.225 e. The van der Waals surface area contributed by atoms with Crippen molar-refractivity contribution in [2.24, 2.45) is 5.92 Å². The number of H-pyrrole nitrogens is 1. The van der Waals surface area contributed by atoms with Crippen molar-refractivity contribution in [3.8, 4) is 0 Å². The van der Waals surface area contributed by atoms with E-state index < -0.39 is 0 Å². The standard InChI is InChI=1S/C23H32N4O2/c28-23(18-4-2-1-3-5-18)27-10-6-16(7-11-27)19-14-24-22-21(19)26-20(15-25-22)17-8-12-29-13-9-17/h14-18H,1-13H2,(H,24,25). The van der Waals surface area contributed by atoms with E-state index in [2.05, 4.69) is 21.1 Å². The highest BCUT2D eigenvalue weighted by atomic mass is 16.5. The molecule has 156 valence electrons. The van der Waals surface area contributed by atoms with Gasteiger partial charge in [0.2, 0.25) is 5.91 Å². The van der Waals surface area contributed by atoms with Crippen molar-refractivity contribution in [3.05, 3.63) is 23.7 Å². The van der Waals surface area contributed by atoms with Gasteiger partial charge in [0.25, 0.3) is 0 Å². The number of rotatable bonds is 3. The number of fused-ring (bicyclic) bond motifs is 1. The molecule has 5 rings (SSSR count). The fraction of sp³-hybridized carbons (Fsp3) is 0.696. The summed E-state index contributed by atoms with van der Waals surface area (Å²) in [4.78, 5) is 28.0. The third-order valence-electron chi connectivity index (χ3n) is 7.27. The Hall–Kier alpha value is -1.95. The van der Waals surface area contributed by atoms with Crippen LogP contribution < -0.4 is 0 Å². The summed E-state index contributed by atoms with van der Waals surface area (Å²) in [7, 11) is 0. The number of carbonyl (C=O) groups excluding carboxylic acids is 1. The van der Waals surface area contributed by atoms with Crippen molar-refractivity contribution in [1.29, 1.82) is 0 Å². The molecule has 1 amide bonds. The lowest BCUT2D eigenvalue weighted by Gasteiger charge is -2.35. The molecule has 0 spiro atoms. The Labute approximate surface area is 172 Å². The van der Waals surface area contributed by atoms with Crippen LogP contribution in [0.5, 0.6) is 0 Å². The van der Waals surface area contributed by atoms with E-state index >= 15 is 0 Å². The highest BCUT2D eigenvalue weighted by Crippen LogP contribution is 2.35. The van der Waals surface area contributed by atoms with Gasteiger partial charge in [0.05, 0.1) is 11.9 Å². The van der Waals surface area contributed by atoms with Crippen molar-refractivity contribution < 1.29 is 9.53 Å². The van der Waals surface area contributed by atoms with E-state index in [9.17, 15) is 4.79 Å². The smallest absolute Gasteiger partial charge is 0.225 e. The molecule has 6 heteroatoms. The molecule has 0 aromatic carbocycles. The molecule has 2 saturated heterocycles. The van der Waals surface area contributed by atoms with Crippen molar-refractivity contribution in [3.63, 3.8) is 0 Å². The molecule has 1 aliphatic carbocycles. The van der Waals surface area contributed by atoms with Gasteiger partial charge in [-0.05, 0) is 44.4 Å². The summed E-state index contributed by atoms with van der Waals surface area (Å²) in [5.41, 5.74) is 4.31. The topological polar surface area (TPSA) is 71.1 Å². The fourth-order valence-corrected chi connectivity index (χ4v) is 5.44. The zero-order valence-electron chi connectivity index (χ0n) is 17.2. The number of carbonyl (C=O) groups is 1. The van der Waals surface area contributed by atoms with Gasteiger partial charge in [0, 0.05) is 49.9 Å². The number of hydrogen-bond acceptors (Lipinski definition) is 4. The average molecular weight is 397 g/mol. The van der Waals surface area contributed by atoms with E-state index in [1.54, 1.807) is 0 Å². The summed E-state index contributed by atoms with van der Waals surface area (Å²) in [6, 6.07) is 0. The average Bonchev–Trinajstić information content (AvgIpc) is 3.23. The van der Waals surface area contributed by atoms with Gasteiger partial charge < -0.3 is 14.6 Å². The largest absolute Gasteiger partial charge is 0.381 e. The van der Waals surface area contributed by atoms with Crippen LogP contribution in [-0.4, -0.2) is 52.1 Å². The second-order valence-electron chi connectivity index (χ2n) is 9.06. The third-order valence-corrected chi connectivity index (χ3v) is 7.27. The van der Waals surface area contributed by atoms with Gasteiger partial charge >= 0.3 is 0 Å². The number of amides is 1. The van der Waals surface area contributed by atoms with Crippen LogP contribution in [0.4, 0.5) is 0 Å². The minimum Gasteiger partial charge on any atom is -0.381 e. The molecule has 4 heterocycles. The predicted octanol–water partition coefficient (Wildman–Crippen LogP) is 4.14. The van der Waals surface area contributed by atoms with Gasteiger partial charge in [-0.3, -0.25) is 4.79 Å². The van der Waals surface area contributed by atoms with Gasteiger partial charge in [-0.25, -0.2) is 9.97 Å². The summed E-state index contributed by atoms with van der Waals surface area (Å²) in [5.74, 6) is 1.60. The summed E-state index contributed by atoms with van der Waals surface area (Å²) in [5, 5.41) is 0. The van der Waals surface area contributed by atoms with Crippen LogP contribution in [0, 0.1) is 5.92 Å². The second-order valence-corrected chi connectivity index (χ2v) is 9.06. The van der Waals surface area contributed by atoms with Gasteiger partial charge in [-0.1, -0.05) is 19.3 Å². The van der Waals surface area contributed by atoms with Crippen LogP contribution >= 0.6 is 0 Å². The van der Waals surface area contributed by atoms with Crippen LogP contribution in [-0.2, 0) is 9.53 Å². The Kier molecular flexibility index (Phi) is 5.53. The maximum atomic E-state index is 12.9. The number of nitrogens with zero attached hydrogens (tertiary/aromatic N) is 3. The van der Waals surface area contributed by atoms with Crippen LogP contribution in [0.25, 0.3) is 11.2 Å². The Morgan fingerprint density at radius 1 is 1.00 bits per heavy atom. The van der Waals surface area contributed by atoms with Gasteiger partial charge in [0.1, 0.15) is 5.52 Å². The molecule has 1 N–H and O–H groups in total. The Morgan fingerprint density at radius 2 is 1.76 bits per heavy atom. The molecule has 0 unspecified atom stereocenters. The summed E-state index contributed by atoms with van der Waals surface area (Å²) in [6.45, 7) is 3.38. The van der Waals surface area contributed by atoms with E-state index in [1.165, 1.54) is 24.8 Å². The third kappa shape index (κ3) is 3.91. The molecule has 2 aromatic heterocycles. The minimum atomic E-state index is 0.279. The van der Waals surface area contributed by atoms with Crippen molar-refractivity contribution >= 4 is 17.1 Å². The van der Waals surface area contributed by atoms with Gasteiger partial charge in [-0.2, -0.15) is 0 Å². The monoisotopic (exact) mass is 396 g/mol. The molecule has 2 aliphatic heterocycles. The maximum absolute atomic E-state index is 12.9. The molecule has 0 radical (unpaired) electrons. The first-order valence-corrected chi connectivity index (χ1v) is 11.5. The lowest BCUT2D eigenvalue weighted by molar-refractivity contribution is -0.137. The Morgan fingerprint density at radius 3 is 2.52 bits per heavy atom. The Bertz CT molecular complexity index is 844. The highest BCUT2D eigenvalue weighted by molar-refractivity contribution is 5.79. The molecular formula is C23H32N4O2. The number of likely N-dealkylation sites (tertiary alicyclic amines) is 1. The van der Waals surface area contributed by atoms with E-state index in [4.69, 9.17) is 9.72 Å². The number of ether oxygens (including phenoxy) is 1. The second kappa shape index (κ2) is 8.42. The first kappa shape index (κ1) is 19.0. The first-order chi connectivity index (χ1) is 14.3. The molecule has 2 aromatic rings. The van der Waals surface area contributed by atoms with E-state index in [0.717, 1.165) is 81.7 Å². The van der Waals surface area contributed by atoms with E-state index in [0.29, 0.717) is 17.7 Å². The van der Waals surface area contributed by atoms with Crippen LogP contribution in [0.15, 0.2) is 12.4 Å². The van der Waals surface area contributed by atoms with Crippen LogP contribution in [0.3, 0.4) is 0 Å². The van der Waals surface area contributed by atoms with E-state index in [-0.39, 0.29) is 5.92 Å². The Balaban J connectivity index is 1.28. The summed E-state index contributed by atoms with van der Waals surface area (Å²) < 4.78 is 5.50. The SMILES string of the molecule is O=C(C1CCCCC1)N1CCC(c2c[nH]c3ncc(C4CCOCC4)nc23)CC1. The van der Waals surface area contributed by atoms with Crippen molar-refractivity contribution in [2.45, 2.75) is 69.6 Å². The van der Waals surface area contributed by atoms with Gasteiger partial charge in [0.15, 0.2) is 5.65 Å². The zero-order chi connectivity index (χ0) is 19.6. The van der Waals surface area contributed by atoms with Crippen molar-refractivity contribution in [1.82, 2.24) is 19.9 Å². The normalized spacial score (nSPS) is 23.0. The van der Waals surface area contributed by atoms with Crippen molar-refractivity contribution in [2.75, 3.05) is 26.3 Å². The molecule has 6 nitrogen and oxygen atoms in total. The molecule has 0 bridgehead atoms.